The summed E-state index contributed by atoms with van der Waals surface area (Å²) in [4.78, 5) is 4.80. The molecule has 0 aliphatic heterocycles. The fourth-order valence-corrected chi connectivity index (χ4v) is 4.31. The Morgan fingerprint density at radius 2 is 1.89 bits per heavy atom. The number of hydrogen-bond donors (Lipinski definition) is 2. The predicted octanol–water partition coefficient (Wildman–Crippen LogP) is 4.77. The number of hydrogen-bond acceptors (Lipinski definition) is 6. The van der Waals surface area contributed by atoms with Crippen LogP contribution in [0.4, 0.5) is 19.6 Å². The van der Waals surface area contributed by atoms with Crippen molar-refractivity contribution < 1.29 is 17.2 Å². The van der Waals surface area contributed by atoms with Crippen molar-refractivity contribution in [2.24, 2.45) is 0 Å². The summed E-state index contributed by atoms with van der Waals surface area (Å²) >= 11 is 2.26. The Kier molecular flexibility index (Phi) is 6.84. The van der Waals surface area contributed by atoms with Crippen LogP contribution < -0.4 is 10.5 Å². The largest absolute Gasteiger partial charge is 0.375 e. The van der Waals surface area contributed by atoms with Gasteiger partial charge in [-0.05, 0) is 24.3 Å². The highest BCUT2D eigenvalue weighted by atomic mass is 79.9. The van der Waals surface area contributed by atoms with Crippen molar-refractivity contribution in [2.45, 2.75) is 9.79 Å². The maximum absolute atomic E-state index is 14.0. The summed E-state index contributed by atoms with van der Waals surface area (Å²) in [5.74, 6) is -1.42. The molecule has 0 bridgehead atoms. The van der Waals surface area contributed by atoms with Gasteiger partial charge in [0, 0.05) is 26.8 Å². The van der Waals surface area contributed by atoms with Crippen molar-refractivity contribution in [1.82, 2.24) is 4.98 Å². The molecule has 0 aliphatic rings. The van der Waals surface area contributed by atoms with Crippen LogP contribution in [0.3, 0.4) is 0 Å². The van der Waals surface area contributed by atoms with Crippen molar-refractivity contribution in [2.75, 3.05) is 16.7 Å². The fourth-order valence-electron chi connectivity index (χ4n) is 2.15. The van der Waals surface area contributed by atoms with Crippen LogP contribution in [0.25, 0.3) is 11.3 Å². The Balaban J connectivity index is 0.00000261. The minimum atomic E-state index is -3.53. The van der Waals surface area contributed by atoms with E-state index in [4.69, 9.17) is 5.73 Å². The molecule has 3 rings (SSSR count). The summed E-state index contributed by atoms with van der Waals surface area (Å²) < 4.78 is 52.7. The zero-order valence-corrected chi connectivity index (χ0v) is 17.9. The highest BCUT2D eigenvalue weighted by Crippen LogP contribution is 2.38. The van der Waals surface area contributed by atoms with Gasteiger partial charge in [0.1, 0.15) is 11.6 Å². The molecule has 0 spiro atoms. The number of benzene rings is 2. The monoisotopic (exact) mass is 493 g/mol. The molecule has 0 atom stereocenters. The lowest BCUT2D eigenvalue weighted by atomic mass is 10.1. The van der Waals surface area contributed by atoms with Crippen LogP contribution in [0.5, 0.6) is 0 Å². The first-order valence-electron chi connectivity index (χ1n) is 7.17. The Morgan fingerprint density at radius 1 is 1.15 bits per heavy atom. The molecule has 0 aliphatic carbocycles. The number of nitrogen functional groups attached to an aromatic ring is 1. The summed E-state index contributed by atoms with van der Waals surface area (Å²) in [7, 11) is -3.53. The number of halogens is 3. The van der Waals surface area contributed by atoms with Crippen LogP contribution in [-0.2, 0) is 10.0 Å². The summed E-state index contributed by atoms with van der Waals surface area (Å²) in [5.41, 5.74) is 7.26. The minimum Gasteiger partial charge on any atom is -0.375 e. The topological polar surface area (TPSA) is 85.1 Å². The van der Waals surface area contributed by atoms with E-state index < -0.39 is 21.7 Å². The van der Waals surface area contributed by atoms with Crippen LogP contribution in [0, 0.1) is 11.6 Å². The lowest BCUT2D eigenvalue weighted by Gasteiger charge is -2.12. The average Bonchev–Trinajstić information content (AvgIpc) is 2.97. The molecule has 2 aromatic carbocycles. The molecule has 0 saturated carbocycles. The number of aromatic nitrogens is 1. The highest BCUT2D eigenvalue weighted by Gasteiger charge is 2.14. The maximum atomic E-state index is 14.0. The van der Waals surface area contributed by atoms with Crippen molar-refractivity contribution in [3.63, 3.8) is 0 Å². The summed E-state index contributed by atoms with van der Waals surface area (Å²) in [6, 6.07) is 8.14. The number of nitrogens with one attached hydrogen (secondary N) is 1. The van der Waals surface area contributed by atoms with Gasteiger partial charge in [0.15, 0.2) is 5.13 Å². The lowest BCUT2D eigenvalue weighted by Crippen LogP contribution is -2.10. The van der Waals surface area contributed by atoms with Crippen LogP contribution in [-0.4, -0.2) is 19.7 Å². The Bertz CT molecular complexity index is 1070. The maximum Gasteiger partial charge on any atom is 0.229 e. The van der Waals surface area contributed by atoms with Crippen molar-refractivity contribution in [3.8, 4) is 11.3 Å². The van der Waals surface area contributed by atoms with E-state index in [-0.39, 0.29) is 27.6 Å². The molecule has 27 heavy (non-hydrogen) atoms. The number of rotatable bonds is 5. The molecular formula is C16H14BrF2N3O2S3. The number of sulfonamides is 1. The van der Waals surface area contributed by atoms with E-state index >= 15 is 0 Å². The standard InChI is InChI=1S/C16H13F2N3O2S3.BrH/c1-26(22,23)21-12-4-2-9(13-8-24-16(19)20-13)6-15(12)25-14-5-3-10(17)7-11(14)18;/h2-8,21H,1H3,(H2,19,20);1H. The van der Waals surface area contributed by atoms with Crippen molar-refractivity contribution in [3.05, 3.63) is 53.4 Å². The van der Waals surface area contributed by atoms with E-state index in [0.717, 1.165) is 30.2 Å². The zero-order chi connectivity index (χ0) is 18.9. The molecule has 3 aromatic rings. The van der Waals surface area contributed by atoms with E-state index in [1.165, 1.54) is 17.4 Å². The molecule has 0 saturated heterocycles. The highest BCUT2D eigenvalue weighted by molar-refractivity contribution is 8.93. The molecule has 0 fully saturated rings. The van der Waals surface area contributed by atoms with Gasteiger partial charge in [0.25, 0.3) is 0 Å². The van der Waals surface area contributed by atoms with E-state index in [2.05, 4.69) is 9.71 Å². The molecule has 0 amide bonds. The van der Waals surface area contributed by atoms with E-state index in [1.54, 1.807) is 23.6 Å². The fraction of sp³-hybridized carbons (Fsp3) is 0.0625. The predicted molar refractivity (Wildman–Crippen MR) is 111 cm³/mol. The SMILES string of the molecule is Br.CS(=O)(=O)Nc1ccc(-c2csc(N)n2)cc1Sc1ccc(F)cc1F. The molecule has 1 heterocycles. The summed E-state index contributed by atoms with van der Waals surface area (Å²) in [5, 5.41) is 2.17. The van der Waals surface area contributed by atoms with Gasteiger partial charge in [-0.3, -0.25) is 4.72 Å². The van der Waals surface area contributed by atoms with Gasteiger partial charge in [-0.15, -0.1) is 28.3 Å². The smallest absolute Gasteiger partial charge is 0.229 e. The molecule has 0 unspecified atom stereocenters. The van der Waals surface area contributed by atoms with Crippen molar-refractivity contribution >= 4 is 60.9 Å². The van der Waals surface area contributed by atoms with Gasteiger partial charge in [-0.25, -0.2) is 22.2 Å². The van der Waals surface area contributed by atoms with E-state index in [0.29, 0.717) is 21.3 Å². The van der Waals surface area contributed by atoms with Crippen LogP contribution in [0.15, 0.2) is 51.6 Å². The summed E-state index contributed by atoms with van der Waals surface area (Å²) in [6.45, 7) is 0. The molecular weight excluding hydrogens is 480 g/mol. The molecule has 0 radical (unpaired) electrons. The van der Waals surface area contributed by atoms with Gasteiger partial charge in [0.05, 0.1) is 17.6 Å². The van der Waals surface area contributed by atoms with Crippen LogP contribution >= 0.6 is 40.1 Å². The van der Waals surface area contributed by atoms with E-state index in [1.807, 2.05) is 0 Å². The van der Waals surface area contributed by atoms with Crippen LogP contribution in [0.2, 0.25) is 0 Å². The molecule has 11 heteroatoms. The second-order valence-electron chi connectivity index (χ2n) is 5.33. The quantitative estimate of drug-likeness (QED) is 0.534. The lowest BCUT2D eigenvalue weighted by molar-refractivity contribution is 0.565. The average molecular weight is 494 g/mol. The second-order valence-corrected chi connectivity index (χ2v) is 9.05. The van der Waals surface area contributed by atoms with Gasteiger partial charge in [-0.1, -0.05) is 17.8 Å². The third-order valence-electron chi connectivity index (χ3n) is 3.21. The first kappa shape index (κ1) is 21.6. The Hall–Kier alpha value is -1.69. The zero-order valence-electron chi connectivity index (χ0n) is 13.8. The summed E-state index contributed by atoms with van der Waals surface area (Å²) in [6.07, 6.45) is 1.02. The third kappa shape index (κ3) is 5.64. The number of nitrogens with two attached hydrogens (primary N) is 1. The van der Waals surface area contributed by atoms with Gasteiger partial charge < -0.3 is 5.73 Å². The van der Waals surface area contributed by atoms with E-state index in [9.17, 15) is 17.2 Å². The molecule has 5 nitrogen and oxygen atoms in total. The van der Waals surface area contributed by atoms with Gasteiger partial charge in [0.2, 0.25) is 10.0 Å². The molecule has 1 aromatic heterocycles. The van der Waals surface area contributed by atoms with Crippen molar-refractivity contribution in [1.29, 1.82) is 0 Å². The number of nitrogens with zero attached hydrogens (tertiary/aromatic N) is 1. The normalized spacial score (nSPS) is 11.1. The second kappa shape index (κ2) is 8.55. The first-order chi connectivity index (χ1) is 12.2. The molecule has 3 N–H and O–H groups in total. The third-order valence-corrected chi connectivity index (χ3v) is 5.58. The van der Waals surface area contributed by atoms with Gasteiger partial charge in [-0.2, -0.15) is 0 Å². The number of thiazole rings is 1. The first-order valence-corrected chi connectivity index (χ1v) is 10.8. The minimum absolute atomic E-state index is 0. The Morgan fingerprint density at radius 3 is 2.48 bits per heavy atom. The number of anilines is 2. The molecule has 144 valence electrons. The Labute approximate surface area is 173 Å². The van der Waals surface area contributed by atoms with Crippen LogP contribution in [0.1, 0.15) is 0 Å². The van der Waals surface area contributed by atoms with Gasteiger partial charge >= 0.3 is 0 Å².